The van der Waals surface area contributed by atoms with Gasteiger partial charge >= 0.3 is 11.7 Å². The molecule has 0 saturated heterocycles. The highest BCUT2D eigenvalue weighted by molar-refractivity contribution is 7.92. The molecule has 0 bridgehead atoms. The number of sulfonamides is 1. The number of amides is 1. The average molecular weight is 482 g/mol. The van der Waals surface area contributed by atoms with E-state index in [-0.39, 0.29) is 35.2 Å². The number of nitrogens with zero attached hydrogens (tertiary/aromatic N) is 5. The van der Waals surface area contributed by atoms with Crippen LogP contribution in [0.15, 0.2) is 29.1 Å². The van der Waals surface area contributed by atoms with Crippen LogP contribution in [-0.4, -0.2) is 57.8 Å². The molecule has 0 fully saturated rings. The van der Waals surface area contributed by atoms with Crippen LogP contribution in [0.2, 0.25) is 5.02 Å². The summed E-state index contributed by atoms with van der Waals surface area (Å²) in [5.74, 6) is -0.608. The maximum atomic E-state index is 13.3. The second-order valence-electron chi connectivity index (χ2n) is 7.15. The van der Waals surface area contributed by atoms with Gasteiger partial charge in [0.2, 0.25) is 16.0 Å². The number of carbonyl (C=O) groups is 1. The molecular formula is C19H24ClN7O4S. The van der Waals surface area contributed by atoms with E-state index in [1.54, 1.807) is 45.2 Å². The highest BCUT2D eigenvalue weighted by Gasteiger charge is 2.26. The number of hydrogen-bond acceptors (Lipinski definition) is 7. The largest absolute Gasteiger partial charge is 0.382 e. The first-order valence-corrected chi connectivity index (χ1v) is 11.9. The van der Waals surface area contributed by atoms with Crippen LogP contribution in [-0.2, 0) is 16.6 Å². The number of fused-ring (bicyclic) bond motifs is 1. The van der Waals surface area contributed by atoms with Crippen LogP contribution in [0.3, 0.4) is 0 Å². The Hall–Kier alpha value is -3.12. The van der Waals surface area contributed by atoms with Crippen molar-refractivity contribution in [2.24, 2.45) is 0 Å². The van der Waals surface area contributed by atoms with Crippen LogP contribution in [0.5, 0.6) is 0 Å². The van der Waals surface area contributed by atoms with Gasteiger partial charge in [-0.15, -0.1) is 0 Å². The summed E-state index contributed by atoms with van der Waals surface area (Å²) < 4.78 is 28.8. The van der Waals surface area contributed by atoms with Crippen LogP contribution in [0.4, 0.5) is 16.6 Å². The lowest BCUT2D eigenvalue weighted by Crippen LogP contribution is -2.38. The number of nitrogen functional groups attached to an aromatic ring is 1. The monoisotopic (exact) mass is 481 g/mol. The molecule has 1 aromatic carbocycles. The molecule has 13 heteroatoms. The fourth-order valence-electron chi connectivity index (χ4n) is 3.07. The van der Waals surface area contributed by atoms with Gasteiger partial charge < -0.3 is 10.6 Å². The molecule has 0 aliphatic carbocycles. The number of rotatable bonds is 7. The Morgan fingerprint density at radius 2 is 1.88 bits per heavy atom. The lowest BCUT2D eigenvalue weighted by Gasteiger charge is -2.14. The third kappa shape index (κ3) is 4.70. The highest BCUT2D eigenvalue weighted by atomic mass is 35.5. The molecule has 0 aliphatic rings. The summed E-state index contributed by atoms with van der Waals surface area (Å²) in [5.41, 5.74) is 6.17. The molecule has 0 radical (unpaired) electrons. The second-order valence-corrected chi connectivity index (χ2v) is 9.43. The van der Waals surface area contributed by atoms with Crippen molar-refractivity contribution in [2.75, 3.05) is 29.8 Å². The van der Waals surface area contributed by atoms with Crippen LogP contribution >= 0.6 is 11.6 Å². The topological polar surface area (TPSA) is 145 Å². The summed E-state index contributed by atoms with van der Waals surface area (Å²) in [7, 11) is -2.16. The molecule has 0 aliphatic heterocycles. The van der Waals surface area contributed by atoms with E-state index in [1.807, 2.05) is 0 Å². The maximum absolute atomic E-state index is 13.3. The summed E-state index contributed by atoms with van der Waals surface area (Å²) in [6.45, 7) is 3.89. The van der Waals surface area contributed by atoms with Gasteiger partial charge in [0.05, 0.1) is 12.3 Å². The Bertz CT molecular complexity index is 1320. The SMILES string of the molecule is CCCS(=O)(=O)Nc1nc(N)c2c(n1)n(Cc1ccc(Cl)cc1)c(=O)n2C(=O)N(C)CC. The molecule has 0 unspecified atom stereocenters. The van der Waals surface area contributed by atoms with Crippen LogP contribution in [0.1, 0.15) is 25.8 Å². The lowest BCUT2D eigenvalue weighted by atomic mass is 10.2. The average Bonchev–Trinajstić information content (AvgIpc) is 3.00. The first-order valence-electron chi connectivity index (χ1n) is 9.87. The fourth-order valence-corrected chi connectivity index (χ4v) is 4.21. The number of nitrogens with two attached hydrogens (primary N) is 1. The van der Waals surface area contributed by atoms with Crippen molar-refractivity contribution >= 4 is 50.6 Å². The predicted molar refractivity (Wildman–Crippen MR) is 124 cm³/mol. The minimum absolute atomic E-state index is 0.00713. The lowest BCUT2D eigenvalue weighted by molar-refractivity contribution is 0.212. The van der Waals surface area contributed by atoms with Gasteiger partial charge in [0, 0.05) is 18.6 Å². The van der Waals surface area contributed by atoms with E-state index in [9.17, 15) is 18.0 Å². The van der Waals surface area contributed by atoms with Gasteiger partial charge in [-0.25, -0.2) is 22.6 Å². The first kappa shape index (κ1) is 23.5. The Kier molecular flexibility index (Phi) is 6.74. The summed E-state index contributed by atoms with van der Waals surface area (Å²) in [4.78, 5) is 35.7. The number of anilines is 2. The van der Waals surface area contributed by atoms with E-state index in [4.69, 9.17) is 17.3 Å². The summed E-state index contributed by atoms with van der Waals surface area (Å²) in [6, 6.07) is 6.20. The van der Waals surface area contributed by atoms with Crippen molar-refractivity contribution in [2.45, 2.75) is 26.8 Å². The molecule has 0 saturated carbocycles. The maximum Gasteiger partial charge on any atom is 0.339 e. The number of aromatic nitrogens is 4. The number of imidazole rings is 1. The van der Waals surface area contributed by atoms with Gasteiger partial charge in [-0.3, -0.25) is 9.29 Å². The van der Waals surface area contributed by atoms with Crippen molar-refractivity contribution in [1.82, 2.24) is 24.0 Å². The molecule has 3 aromatic rings. The highest BCUT2D eigenvalue weighted by Crippen LogP contribution is 2.22. The second kappa shape index (κ2) is 9.17. The van der Waals surface area contributed by atoms with Gasteiger partial charge in [-0.1, -0.05) is 30.7 Å². The molecule has 0 atom stereocenters. The zero-order chi connectivity index (χ0) is 23.6. The molecule has 0 spiro atoms. The number of nitrogens with one attached hydrogen (secondary N) is 1. The van der Waals surface area contributed by atoms with Gasteiger partial charge in [0.1, 0.15) is 5.52 Å². The predicted octanol–water partition coefficient (Wildman–Crippen LogP) is 1.95. The molecule has 1 amide bonds. The van der Waals surface area contributed by atoms with E-state index in [0.29, 0.717) is 18.0 Å². The summed E-state index contributed by atoms with van der Waals surface area (Å²) >= 11 is 5.94. The van der Waals surface area contributed by atoms with E-state index >= 15 is 0 Å². The molecule has 2 aromatic heterocycles. The van der Waals surface area contributed by atoms with Crippen molar-refractivity contribution in [3.63, 3.8) is 0 Å². The molecule has 32 heavy (non-hydrogen) atoms. The number of halogens is 1. The van der Waals surface area contributed by atoms with Gasteiger partial charge in [0.25, 0.3) is 0 Å². The smallest absolute Gasteiger partial charge is 0.339 e. The van der Waals surface area contributed by atoms with Crippen molar-refractivity contribution < 1.29 is 13.2 Å². The molecule has 2 heterocycles. The Labute approximate surface area is 189 Å². The molecule has 3 rings (SSSR count). The first-order chi connectivity index (χ1) is 15.1. The minimum Gasteiger partial charge on any atom is -0.382 e. The normalized spacial score (nSPS) is 11.6. The van der Waals surface area contributed by atoms with Crippen LogP contribution < -0.4 is 16.1 Å². The molecule has 172 valence electrons. The van der Waals surface area contributed by atoms with E-state index in [0.717, 1.165) is 10.1 Å². The number of hydrogen-bond donors (Lipinski definition) is 2. The Balaban J connectivity index is 2.24. The van der Waals surface area contributed by atoms with Gasteiger partial charge in [-0.2, -0.15) is 9.97 Å². The molecule has 11 nitrogen and oxygen atoms in total. The van der Waals surface area contributed by atoms with Gasteiger partial charge in [-0.05, 0) is 31.0 Å². The molecular weight excluding hydrogens is 458 g/mol. The third-order valence-corrected chi connectivity index (χ3v) is 6.45. The van der Waals surface area contributed by atoms with E-state index in [2.05, 4.69) is 14.7 Å². The standard InChI is InChI=1S/C19H24ClN7O4S/c1-4-10-32(30,31)24-17-22-15(21)14-16(23-17)26(11-12-6-8-13(20)9-7-12)19(29)27(14)18(28)25(3)5-2/h6-9H,4-5,10-11H2,1-3H3,(H3,21,22,23,24). The molecule has 3 N–H and O–H groups in total. The van der Waals surface area contributed by atoms with Crippen LogP contribution in [0, 0.1) is 0 Å². The van der Waals surface area contributed by atoms with Gasteiger partial charge in [0.15, 0.2) is 11.5 Å². The van der Waals surface area contributed by atoms with E-state index < -0.39 is 21.7 Å². The van der Waals surface area contributed by atoms with E-state index in [1.165, 1.54) is 9.47 Å². The summed E-state index contributed by atoms with van der Waals surface area (Å²) in [6.07, 6.45) is 0.391. The Morgan fingerprint density at radius 1 is 1.22 bits per heavy atom. The zero-order valence-corrected chi connectivity index (χ0v) is 19.4. The zero-order valence-electron chi connectivity index (χ0n) is 17.9. The number of benzene rings is 1. The van der Waals surface area contributed by atoms with Crippen molar-refractivity contribution in [3.05, 3.63) is 45.3 Å². The third-order valence-electron chi connectivity index (χ3n) is 4.76. The quantitative estimate of drug-likeness (QED) is 0.524. The van der Waals surface area contributed by atoms with Crippen LogP contribution in [0.25, 0.3) is 11.2 Å². The van der Waals surface area contributed by atoms with Crippen molar-refractivity contribution in [3.8, 4) is 0 Å². The Morgan fingerprint density at radius 3 is 2.47 bits per heavy atom. The fraction of sp³-hybridized carbons (Fsp3) is 0.368. The summed E-state index contributed by atoms with van der Waals surface area (Å²) in [5, 5.41) is 0.530. The number of carbonyl (C=O) groups excluding carboxylic acids is 1. The van der Waals surface area contributed by atoms with Crippen molar-refractivity contribution in [1.29, 1.82) is 0 Å². The minimum atomic E-state index is -3.70.